The van der Waals surface area contributed by atoms with Crippen LogP contribution >= 0.6 is 0 Å². The third kappa shape index (κ3) is 3.04. The predicted octanol–water partition coefficient (Wildman–Crippen LogP) is 2.43. The van der Waals surface area contributed by atoms with Crippen molar-refractivity contribution < 1.29 is 18.7 Å². The lowest BCUT2D eigenvalue weighted by Crippen LogP contribution is -2.44. The van der Waals surface area contributed by atoms with Crippen molar-refractivity contribution >= 4 is 5.97 Å². The number of carboxylic acid groups (broad SMARTS) is 1. The summed E-state index contributed by atoms with van der Waals surface area (Å²) in [5.74, 6) is -2.51. The maximum Gasteiger partial charge on any atom is 0.304 e. The van der Waals surface area contributed by atoms with E-state index in [0.29, 0.717) is 6.42 Å². The van der Waals surface area contributed by atoms with Crippen LogP contribution in [-0.2, 0) is 10.2 Å². The van der Waals surface area contributed by atoms with Gasteiger partial charge in [-0.3, -0.25) is 4.79 Å². The predicted molar refractivity (Wildman–Crippen MR) is 64.2 cm³/mol. The summed E-state index contributed by atoms with van der Waals surface area (Å²) in [5.41, 5.74) is 5.20. The topological polar surface area (TPSA) is 63.3 Å². The van der Waals surface area contributed by atoms with E-state index in [-0.39, 0.29) is 12.0 Å². The van der Waals surface area contributed by atoms with Gasteiger partial charge in [0.15, 0.2) is 0 Å². The van der Waals surface area contributed by atoms with E-state index in [9.17, 15) is 13.6 Å². The summed E-state index contributed by atoms with van der Waals surface area (Å²) in [6.45, 7) is 3.42. The average molecular weight is 257 g/mol. The second kappa shape index (κ2) is 5.44. The molecule has 1 rings (SSSR count). The van der Waals surface area contributed by atoms with Gasteiger partial charge in [0.2, 0.25) is 0 Å². The third-order valence-electron chi connectivity index (χ3n) is 3.30. The number of hydrogen-bond donors (Lipinski definition) is 2. The number of halogens is 2. The number of hydrogen-bond acceptors (Lipinski definition) is 2. The third-order valence-corrected chi connectivity index (χ3v) is 3.30. The average Bonchev–Trinajstić information content (AvgIpc) is 2.25. The van der Waals surface area contributed by atoms with Gasteiger partial charge in [0.25, 0.3) is 0 Å². The molecule has 2 atom stereocenters. The van der Waals surface area contributed by atoms with E-state index in [1.165, 1.54) is 0 Å². The van der Waals surface area contributed by atoms with Crippen LogP contribution in [0, 0.1) is 11.6 Å². The first kappa shape index (κ1) is 14.6. The second-order valence-corrected chi connectivity index (χ2v) is 4.66. The summed E-state index contributed by atoms with van der Waals surface area (Å²) in [6.07, 6.45) is 0.243. The second-order valence-electron chi connectivity index (χ2n) is 4.66. The Labute approximate surface area is 105 Å². The van der Waals surface area contributed by atoms with Crippen molar-refractivity contribution in [2.75, 3.05) is 0 Å². The van der Waals surface area contributed by atoms with Crippen molar-refractivity contribution in [2.45, 2.75) is 38.1 Å². The van der Waals surface area contributed by atoms with E-state index in [1.54, 1.807) is 13.8 Å². The van der Waals surface area contributed by atoms with Crippen LogP contribution in [0.2, 0.25) is 0 Å². The highest BCUT2D eigenvalue weighted by Gasteiger charge is 2.35. The van der Waals surface area contributed by atoms with Crippen molar-refractivity contribution in [3.8, 4) is 0 Å². The minimum Gasteiger partial charge on any atom is -0.481 e. The van der Waals surface area contributed by atoms with Crippen LogP contribution in [0.15, 0.2) is 18.2 Å². The van der Waals surface area contributed by atoms with Gasteiger partial charge in [-0.25, -0.2) is 8.78 Å². The number of rotatable bonds is 5. The molecule has 0 saturated heterocycles. The molecule has 2 unspecified atom stereocenters. The van der Waals surface area contributed by atoms with Gasteiger partial charge < -0.3 is 10.8 Å². The van der Waals surface area contributed by atoms with Crippen LogP contribution in [0.1, 0.15) is 32.3 Å². The maximum absolute atomic E-state index is 13.2. The lowest BCUT2D eigenvalue weighted by Gasteiger charge is -2.34. The van der Waals surface area contributed by atoms with Crippen LogP contribution in [0.5, 0.6) is 0 Å². The van der Waals surface area contributed by atoms with Gasteiger partial charge in [-0.1, -0.05) is 13.8 Å². The fraction of sp³-hybridized carbons (Fsp3) is 0.462. The first-order valence-corrected chi connectivity index (χ1v) is 5.73. The molecule has 18 heavy (non-hydrogen) atoms. The minimum absolute atomic E-state index is 0.273. The molecule has 0 heterocycles. The fourth-order valence-corrected chi connectivity index (χ4v) is 2.10. The van der Waals surface area contributed by atoms with Gasteiger partial charge in [-0.15, -0.1) is 0 Å². The first-order valence-electron chi connectivity index (χ1n) is 5.73. The molecule has 3 N–H and O–H groups in total. The maximum atomic E-state index is 13.2. The lowest BCUT2D eigenvalue weighted by molar-refractivity contribution is -0.138. The smallest absolute Gasteiger partial charge is 0.304 e. The van der Waals surface area contributed by atoms with Crippen molar-refractivity contribution in [3.63, 3.8) is 0 Å². The van der Waals surface area contributed by atoms with Gasteiger partial charge in [0, 0.05) is 17.5 Å². The van der Waals surface area contributed by atoms with E-state index in [1.807, 2.05) is 0 Å². The zero-order valence-corrected chi connectivity index (χ0v) is 10.4. The quantitative estimate of drug-likeness (QED) is 0.851. The first-order chi connectivity index (χ1) is 8.29. The number of aliphatic carboxylic acids is 1. The molecule has 0 aliphatic carbocycles. The van der Waals surface area contributed by atoms with Crippen LogP contribution in [0.25, 0.3) is 0 Å². The van der Waals surface area contributed by atoms with Gasteiger partial charge in [0.1, 0.15) is 11.6 Å². The molecule has 3 nitrogen and oxygen atoms in total. The van der Waals surface area contributed by atoms with Crippen molar-refractivity contribution in [3.05, 3.63) is 35.4 Å². The molecular weight excluding hydrogens is 240 g/mol. The molecule has 0 aromatic heterocycles. The molecule has 0 spiro atoms. The number of carbonyl (C=O) groups is 1. The van der Waals surface area contributed by atoms with Gasteiger partial charge >= 0.3 is 5.97 Å². The Morgan fingerprint density at radius 1 is 1.39 bits per heavy atom. The molecule has 0 fully saturated rings. The molecule has 5 heteroatoms. The van der Waals surface area contributed by atoms with E-state index in [2.05, 4.69) is 0 Å². The Kier molecular flexibility index (Phi) is 4.40. The Morgan fingerprint density at radius 2 is 1.89 bits per heavy atom. The van der Waals surface area contributed by atoms with E-state index < -0.39 is 29.1 Å². The van der Waals surface area contributed by atoms with Crippen LogP contribution < -0.4 is 5.73 Å². The molecule has 0 amide bonds. The monoisotopic (exact) mass is 257 g/mol. The van der Waals surface area contributed by atoms with Crippen LogP contribution in [0.4, 0.5) is 8.78 Å². The zero-order chi connectivity index (χ0) is 13.9. The van der Waals surface area contributed by atoms with E-state index >= 15 is 0 Å². The number of benzene rings is 1. The standard InChI is InChI=1S/C13H17F2NO2/c1-3-11(16)13(2,7-12(17)18)8-4-9(14)6-10(15)5-8/h4-6,11H,3,7,16H2,1-2H3,(H,17,18). The molecule has 1 aromatic carbocycles. The zero-order valence-electron chi connectivity index (χ0n) is 10.4. The summed E-state index contributed by atoms with van der Waals surface area (Å²) < 4.78 is 26.5. The SMILES string of the molecule is CCC(N)C(C)(CC(=O)O)c1cc(F)cc(F)c1. The highest BCUT2D eigenvalue weighted by atomic mass is 19.1. The molecule has 100 valence electrons. The van der Waals surface area contributed by atoms with Crippen molar-refractivity contribution in [2.24, 2.45) is 5.73 Å². The molecule has 0 aliphatic rings. The van der Waals surface area contributed by atoms with Gasteiger partial charge in [0.05, 0.1) is 6.42 Å². The van der Waals surface area contributed by atoms with E-state index in [4.69, 9.17) is 10.8 Å². The Hall–Kier alpha value is -1.49. The number of nitrogens with two attached hydrogens (primary N) is 1. The Balaban J connectivity index is 3.28. The van der Waals surface area contributed by atoms with Gasteiger partial charge in [-0.05, 0) is 24.1 Å². The molecule has 1 aromatic rings. The summed E-state index contributed by atoms with van der Waals surface area (Å²) >= 11 is 0. The molecular formula is C13H17F2NO2. The van der Waals surface area contributed by atoms with Crippen molar-refractivity contribution in [1.29, 1.82) is 0 Å². The van der Waals surface area contributed by atoms with E-state index in [0.717, 1.165) is 18.2 Å². The Morgan fingerprint density at radius 3 is 2.28 bits per heavy atom. The minimum atomic E-state index is -1.05. The molecule has 0 saturated carbocycles. The fourth-order valence-electron chi connectivity index (χ4n) is 2.10. The van der Waals surface area contributed by atoms with Crippen molar-refractivity contribution in [1.82, 2.24) is 0 Å². The summed E-state index contributed by atoms with van der Waals surface area (Å²) in [4.78, 5) is 10.9. The molecule has 0 radical (unpaired) electrons. The van der Waals surface area contributed by atoms with Crippen LogP contribution in [-0.4, -0.2) is 17.1 Å². The summed E-state index contributed by atoms with van der Waals surface area (Å²) in [6, 6.07) is 2.54. The van der Waals surface area contributed by atoms with Crippen LogP contribution in [0.3, 0.4) is 0 Å². The molecule has 0 aliphatic heterocycles. The summed E-state index contributed by atoms with van der Waals surface area (Å²) in [7, 11) is 0. The number of carboxylic acids is 1. The normalized spacial score (nSPS) is 16.1. The Bertz CT molecular complexity index is 430. The summed E-state index contributed by atoms with van der Waals surface area (Å²) in [5, 5.41) is 8.95. The molecule has 0 bridgehead atoms. The lowest BCUT2D eigenvalue weighted by atomic mass is 9.72. The highest BCUT2D eigenvalue weighted by molar-refractivity contribution is 5.69. The van der Waals surface area contributed by atoms with Gasteiger partial charge in [-0.2, -0.15) is 0 Å². The largest absolute Gasteiger partial charge is 0.481 e. The highest BCUT2D eigenvalue weighted by Crippen LogP contribution is 2.33.